The highest BCUT2D eigenvalue weighted by Crippen LogP contribution is 2.23. The molecule has 0 amide bonds. The average Bonchev–Trinajstić information content (AvgIpc) is 3.09. The molecule has 3 rings (SSSR count). The normalized spacial score (nSPS) is 12.9. The molecular formula is C17H21N3OS. The highest BCUT2D eigenvalue weighted by atomic mass is 32.1. The molecule has 22 heavy (non-hydrogen) atoms. The van der Waals surface area contributed by atoms with Gasteiger partial charge in [-0.05, 0) is 51.0 Å². The zero-order valence-electron chi connectivity index (χ0n) is 13.5. The molecule has 2 aromatic heterocycles. The van der Waals surface area contributed by atoms with Crippen molar-refractivity contribution in [3.05, 3.63) is 45.7 Å². The van der Waals surface area contributed by atoms with E-state index in [4.69, 9.17) is 9.72 Å². The molecule has 3 aromatic rings. The van der Waals surface area contributed by atoms with Crippen molar-refractivity contribution in [3.63, 3.8) is 0 Å². The topological polar surface area (TPSA) is 39.9 Å². The third-order valence-electron chi connectivity index (χ3n) is 3.90. The van der Waals surface area contributed by atoms with Crippen molar-refractivity contribution in [1.29, 1.82) is 0 Å². The first-order valence-corrected chi connectivity index (χ1v) is 8.44. The van der Waals surface area contributed by atoms with Gasteiger partial charge in [-0.25, -0.2) is 9.97 Å². The third-order valence-corrected chi connectivity index (χ3v) is 4.96. The zero-order chi connectivity index (χ0) is 15.7. The summed E-state index contributed by atoms with van der Waals surface area (Å²) < 4.78 is 7.76. The molecule has 2 heterocycles. The molecule has 0 saturated carbocycles. The predicted octanol–water partition coefficient (Wildman–Crippen LogP) is 4.26. The molecule has 0 saturated heterocycles. The van der Waals surface area contributed by atoms with Gasteiger partial charge in [0.15, 0.2) is 0 Å². The number of nitrogens with zero attached hydrogens (tertiary/aromatic N) is 3. The molecule has 1 aromatic carbocycles. The van der Waals surface area contributed by atoms with Gasteiger partial charge < -0.3 is 9.30 Å². The van der Waals surface area contributed by atoms with Crippen molar-refractivity contribution < 1.29 is 4.74 Å². The van der Waals surface area contributed by atoms with E-state index in [1.54, 1.807) is 11.3 Å². The summed E-state index contributed by atoms with van der Waals surface area (Å²) in [5.74, 6) is 0. The first-order chi connectivity index (χ1) is 10.6. The van der Waals surface area contributed by atoms with E-state index >= 15 is 0 Å². The predicted molar refractivity (Wildman–Crippen MR) is 90.5 cm³/mol. The summed E-state index contributed by atoms with van der Waals surface area (Å²) in [6.07, 6.45) is 1.96. The summed E-state index contributed by atoms with van der Waals surface area (Å²) in [5, 5.41) is 3.14. The van der Waals surface area contributed by atoms with Crippen LogP contribution in [0.4, 0.5) is 0 Å². The van der Waals surface area contributed by atoms with E-state index in [0.717, 1.165) is 28.3 Å². The van der Waals surface area contributed by atoms with Crippen molar-refractivity contribution in [2.45, 2.75) is 40.3 Å². The summed E-state index contributed by atoms with van der Waals surface area (Å²) in [5.41, 5.74) is 5.83. The lowest BCUT2D eigenvalue weighted by Gasteiger charge is -2.07. The molecule has 5 heteroatoms. The van der Waals surface area contributed by atoms with Crippen LogP contribution in [0.5, 0.6) is 0 Å². The van der Waals surface area contributed by atoms with E-state index in [0.29, 0.717) is 6.61 Å². The van der Waals surface area contributed by atoms with E-state index < -0.39 is 0 Å². The monoisotopic (exact) mass is 315 g/mol. The standard InChI is InChI=1S/C17H21N3OS/c1-5-21-13(4)17-19-14(9-22-17)8-20-10-18-15-6-11(2)12(3)7-16(15)20/h6-7,9-10,13H,5,8H2,1-4H3/t13-/m1/s1. The van der Waals surface area contributed by atoms with Crippen molar-refractivity contribution in [2.75, 3.05) is 6.61 Å². The summed E-state index contributed by atoms with van der Waals surface area (Å²) in [7, 11) is 0. The number of imidazole rings is 1. The lowest BCUT2D eigenvalue weighted by molar-refractivity contribution is 0.0761. The van der Waals surface area contributed by atoms with Gasteiger partial charge in [0.25, 0.3) is 0 Å². The Balaban J connectivity index is 1.86. The molecule has 116 valence electrons. The van der Waals surface area contributed by atoms with Crippen LogP contribution in [0.25, 0.3) is 11.0 Å². The van der Waals surface area contributed by atoms with Crippen LogP contribution in [-0.4, -0.2) is 21.1 Å². The number of benzene rings is 1. The van der Waals surface area contributed by atoms with Crippen LogP contribution in [0.2, 0.25) is 0 Å². The third kappa shape index (κ3) is 2.91. The van der Waals surface area contributed by atoms with Gasteiger partial charge in [0, 0.05) is 12.0 Å². The van der Waals surface area contributed by atoms with E-state index in [2.05, 4.69) is 40.9 Å². The number of fused-ring (bicyclic) bond motifs is 1. The maximum atomic E-state index is 5.60. The summed E-state index contributed by atoms with van der Waals surface area (Å²) in [6, 6.07) is 4.35. The van der Waals surface area contributed by atoms with Gasteiger partial charge in [0.1, 0.15) is 11.1 Å². The van der Waals surface area contributed by atoms with E-state index in [1.807, 2.05) is 20.2 Å². The Morgan fingerprint density at radius 3 is 2.82 bits per heavy atom. The molecule has 0 bridgehead atoms. The smallest absolute Gasteiger partial charge is 0.122 e. The minimum absolute atomic E-state index is 0.0631. The number of rotatable bonds is 5. The molecule has 1 atom stereocenters. The molecule has 0 spiro atoms. The second-order valence-corrected chi connectivity index (χ2v) is 6.46. The van der Waals surface area contributed by atoms with Gasteiger partial charge >= 0.3 is 0 Å². The SMILES string of the molecule is CCO[C@H](C)c1nc(Cn2cnc3cc(C)c(C)cc32)cs1. The molecule has 0 N–H and O–H groups in total. The van der Waals surface area contributed by atoms with Crippen LogP contribution in [0.1, 0.15) is 41.8 Å². The zero-order valence-corrected chi connectivity index (χ0v) is 14.3. The molecule has 0 radical (unpaired) electrons. The number of hydrogen-bond acceptors (Lipinski definition) is 4. The van der Waals surface area contributed by atoms with Crippen molar-refractivity contribution in [3.8, 4) is 0 Å². The number of thiazole rings is 1. The summed E-state index contributed by atoms with van der Waals surface area (Å²) in [4.78, 5) is 9.20. The Hall–Kier alpha value is -1.72. The molecule has 0 unspecified atom stereocenters. The van der Waals surface area contributed by atoms with Gasteiger partial charge in [0.05, 0.1) is 29.6 Å². The minimum atomic E-state index is 0.0631. The highest BCUT2D eigenvalue weighted by molar-refractivity contribution is 7.09. The maximum Gasteiger partial charge on any atom is 0.122 e. The van der Waals surface area contributed by atoms with Crippen molar-refractivity contribution >= 4 is 22.4 Å². The largest absolute Gasteiger partial charge is 0.372 e. The van der Waals surface area contributed by atoms with Gasteiger partial charge in [-0.3, -0.25) is 0 Å². The molecule has 0 aliphatic rings. The van der Waals surface area contributed by atoms with Crippen LogP contribution in [0.15, 0.2) is 23.8 Å². The Labute approximate surface area is 134 Å². The number of hydrogen-bond donors (Lipinski definition) is 0. The first kappa shape index (κ1) is 15.2. The second-order valence-electron chi connectivity index (χ2n) is 5.57. The van der Waals surface area contributed by atoms with Crippen LogP contribution in [0.3, 0.4) is 0 Å². The number of aryl methyl sites for hydroxylation is 2. The molecule has 0 aliphatic carbocycles. The summed E-state index contributed by atoms with van der Waals surface area (Å²) in [6.45, 7) is 9.76. The van der Waals surface area contributed by atoms with Crippen LogP contribution >= 0.6 is 11.3 Å². The molecule has 4 nitrogen and oxygen atoms in total. The fourth-order valence-corrected chi connectivity index (χ4v) is 3.33. The van der Waals surface area contributed by atoms with Crippen molar-refractivity contribution in [2.24, 2.45) is 0 Å². The average molecular weight is 315 g/mol. The van der Waals surface area contributed by atoms with E-state index in [-0.39, 0.29) is 6.10 Å². The van der Waals surface area contributed by atoms with E-state index in [9.17, 15) is 0 Å². The Bertz CT molecular complexity index is 790. The maximum absolute atomic E-state index is 5.60. The number of ether oxygens (including phenoxy) is 1. The lowest BCUT2D eigenvalue weighted by atomic mass is 10.1. The van der Waals surface area contributed by atoms with Crippen molar-refractivity contribution in [1.82, 2.24) is 14.5 Å². The van der Waals surface area contributed by atoms with Gasteiger partial charge in [-0.15, -0.1) is 11.3 Å². The number of aromatic nitrogens is 3. The minimum Gasteiger partial charge on any atom is -0.372 e. The van der Waals surface area contributed by atoms with Crippen LogP contribution < -0.4 is 0 Å². The summed E-state index contributed by atoms with van der Waals surface area (Å²) >= 11 is 1.66. The Morgan fingerprint density at radius 1 is 1.27 bits per heavy atom. The molecule has 0 aliphatic heterocycles. The van der Waals surface area contributed by atoms with Gasteiger partial charge in [-0.1, -0.05) is 0 Å². The molecular weight excluding hydrogens is 294 g/mol. The van der Waals surface area contributed by atoms with Gasteiger partial charge in [-0.2, -0.15) is 0 Å². The fraction of sp³-hybridized carbons (Fsp3) is 0.412. The Morgan fingerprint density at radius 2 is 2.05 bits per heavy atom. The van der Waals surface area contributed by atoms with E-state index in [1.165, 1.54) is 11.1 Å². The molecule has 0 fully saturated rings. The second kappa shape index (κ2) is 6.18. The first-order valence-electron chi connectivity index (χ1n) is 7.56. The fourth-order valence-electron chi connectivity index (χ4n) is 2.52. The van der Waals surface area contributed by atoms with Crippen LogP contribution in [-0.2, 0) is 11.3 Å². The van der Waals surface area contributed by atoms with Crippen LogP contribution in [0, 0.1) is 13.8 Å². The quantitative estimate of drug-likeness (QED) is 0.706. The van der Waals surface area contributed by atoms with Gasteiger partial charge in [0.2, 0.25) is 0 Å². The highest BCUT2D eigenvalue weighted by Gasteiger charge is 2.12. The Kier molecular flexibility index (Phi) is 4.27. The lowest BCUT2D eigenvalue weighted by Crippen LogP contribution is -2.02.